The van der Waals surface area contributed by atoms with Gasteiger partial charge in [-0.15, -0.1) is 0 Å². The minimum Gasteiger partial charge on any atom is -0.383 e. The van der Waals surface area contributed by atoms with Crippen molar-refractivity contribution in [3.63, 3.8) is 0 Å². The molecule has 0 radical (unpaired) electrons. The molecular formula is C26H26FN7O2. The molecule has 184 valence electrons. The number of nitrogens with two attached hydrogens (primary N) is 1. The van der Waals surface area contributed by atoms with Gasteiger partial charge in [0.1, 0.15) is 17.3 Å². The van der Waals surface area contributed by atoms with E-state index in [0.29, 0.717) is 48.2 Å². The van der Waals surface area contributed by atoms with Crippen LogP contribution in [-0.4, -0.2) is 61.4 Å². The highest BCUT2D eigenvalue weighted by atomic mass is 19.1. The van der Waals surface area contributed by atoms with Gasteiger partial charge in [0.2, 0.25) is 5.91 Å². The number of carbonyl (C=O) groups excluding carboxylic acids is 1. The third-order valence-electron chi connectivity index (χ3n) is 6.57. The van der Waals surface area contributed by atoms with Gasteiger partial charge in [-0.1, -0.05) is 12.5 Å². The fraction of sp³-hybridized carbons (Fsp3) is 0.308. The maximum Gasteiger partial charge on any atom is 0.246 e. The number of pyridine rings is 1. The Morgan fingerprint density at radius 3 is 2.92 bits per heavy atom. The molecule has 0 aliphatic carbocycles. The summed E-state index contributed by atoms with van der Waals surface area (Å²) in [4.78, 5) is 22.7. The standard InChI is InChI=1S/C26H26FN7O2/c1-4-24(35)33-13-17(11-18(33)14-36-3)34-22-8-9-29-26(28)25(22)20(31-34)7-6-16-10-21-23(12-19(16)27)32(5-2)15-30-21/h4,8-10,12,15,17-18H,1,5,11,13-14H2,2-3H3,(H2,28,29)/t17-,18+/m0/s1. The second kappa shape index (κ2) is 9.43. The number of amides is 1. The molecular weight excluding hydrogens is 461 g/mol. The Bertz CT molecular complexity index is 1540. The van der Waals surface area contributed by atoms with E-state index >= 15 is 0 Å². The molecule has 0 bridgehead atoms. The number of benzene rings is 1. The van der Waals surface area contributed by atoms with Crippen LogP contribution in [0.5, 0.6) is 0 Å². The van der Waals surface area contributed by atoms with Crippen molar-refractivity contribution in [3.8, 4) is 11.8 Å². The highest BCUT2D eigenvalue weighted by Crippen LogP contribution is 2.32. The summed E-state index contributed by atoms with van der Waals surface area (Å²) in [5.74, 6) is 5.60. The number of aromatic nitrogens is 5. The first kappa shape index (κ1) is 23.5. The third kappa shape index (κ3) is 3.97. The van der Waals surface area contributed by atoms with Crippen molar-refractivity contribution in [1.29, 1.82) is 0 Å². The molecule has 5 rings (SSSR count). The smallest absolute Gasteiger partial charge is 0.246 e. The minimum atomic E-state index is -0.434. The number of anilines is 1. The number of aryl methyl sites for hydroxylation is 1. The zero-order chi connectivity index (χ0) is 25.4. The van der Waals surface area contributed by atoms with Gasteiger partial charge in [-0.2, -0.15) is 5.10 Å². The highest BCUT2D eigenvalue weighted by Gasteiger charge is 2.36. The zero-order valence-electron chi connectivity index (χ0n) is 20.1. The predicted molar refractivity (Wildman–Crippen MR) is 135 cm³/mol. The normalized spacial score (nSPS) is 17.5. The summed E-state index contributed by atoms with van der Waals surface area (Å²) < 4.78 is 23.9. The molecule has 4 heterocycles. The fourth-order valence-electron chi connectivity index (χ4n) is 4.84. The second-order valence-corrected chi connectivity index (χ2v) is 8.68. The van der Waals surface area contributed by atoms with Crippen molar-refractivity contribution >= 4 is 33.7 Å². The van der Waals surface area contributed by atoms with Crippen LogP contribution in [0.4, 0.5) is 10.2 Å². The molecule has 0 unspecified atom stereocenters. The highest BCUT2D eigenvalue weighted by molar-refractivity contribution is 5.93. The Labute approximate surface area is 207 Å². The lowest BCUT2D eigenvalue weighted by Gasteiger charge is -2.22. The molecule has 1 fully saturated rings. The fourth-order valence-corrected chi connectivity index (χ4v) is 4.84. The Kier molecular flexibility index (Phi) is 6.16. The van der Waals surface area contributed by atoms with Crippen LogP contribution in [-0.2, 0) is 16.1 Å². The largest absolute Gasteiger partial charge is 0.383 e. The molecule has 0 spiro atoms. The molecule has 1 aliphatic heterocycles. The number of carbonyl (C=O) groups is 1. The van der Waals surface area contributed by atoms with Crippen LogP contribution in [0, 0.1) is 17.7 Å². The Morgan fingerprint density at radius 2 is 2.17 bits per heavy atom. The first-order chi connectivity index (χ1) is 17.4. The summed E-state index contributed by atoms with van der Waals surface area (Å²) in [6.45, 7) is 7.13. The monoisotopic (exact) mass is 487 g/mol. The lowest BCUT2D eigenvalue weighted by atomic mass is 10.1. The Morgan fingerprint density at radius 1 is 1.33 bits per heavy atom. The number of nitrogen functional groups attached to an aromatic ring is 1. The molecule has 1 saturated heterocycles. The molecule has 2 atom stereocenters. The van der Waals surface area contributed by atoms with Gasteiger partial charge in [-0.25, -0.2) is 14.4 Å². The van der Waals surface area contributed by atoms with Crippen LogP contribution in [0.25, 0.3) is 21.9 Å². The van der Waals surface area contributed by atoms with Crippen LogP contribution in [0.2, 0.25) is 0 Å². The number of halogens is 1. The molecule has 36 heavy (non-hydrogen) atoms. The number of rotatable bonds is 5. The van der Waals surface area contributed by atoms with Crippen molar-refractivity contribution in [3.05, 3.63) is 60.5 Å². The van der Waals surface area contributed by atoms with Crippen LogP contribution in [0.1, 0.15) is 30.6 Å². The molecule has 1 aromatic carbocycles. The van der Waals surface area contributed by atoms with E-state index in [9.17, 15) is 9.18 Å². The van der Waals surface area contributed by atoms with Gasteiger partial charge >= 0.3 is 0 Å². The average molecular weight is 488 g/mol. The molecule has 3 aromatic heterocycles. The van der Waals surface area contributed by atoms with Crippen LogP contribution in [0.3, 0.4) is 0 Å². The zero-order valence-corrected chi connectivity index (χ0v) is 20.1. The molecule has 1 amide bonds. The SMILES string of the molecule is C=CC(=O)N1C[C@@H](n2nc(C#Cc3cc4ncn(CC)c4cc3F)c3c(N)nccc32)C[C@@H]1COC. The van der Waals surface area contributed by atoms with Gasteiger partial charge in [-0.05, 0) is 37.5 Å². The van der Waals surface area contributed by atoms with Crippen LogP contribution in [0.15, 0.2) is 43.4 Å². The van der Waals surface area contributed by atoms with Gasteiger partial charge in [-0.3, -0.25) is 9.48 Å². The number of nitrogens with zero attached hydrogens (tertiary/aromatic N) is 6. The van der Waals surface area contributed by atoms with Gasteiger partial charge in [0.15, 0.2) is 0 Å². The number of imidazole rings is 1. The molecule has 2 N–H and O–H groups in total. The van der Waals surface area contributed by atoms with Gasteiger partial charge in [0, 0.05) is 32.5 Å². The quantitative estimate of drug-likeness (QED) is 0.343. The van der Waals surface area contributed by atoms with Crippen molar-refractivity contribution in [2.24, 2.45) is 0 Å². The predicted octanol–water partition coefficient (Wildman–Crippen LogP) is 2.90. The topological polar surface area (TPSA) is 104 Å². The summed E-state index contributed by atoms with van der Waals surface area (Å²) in [5, 5.41) is 5.34. The summed E-state index contributed by atoms with van der Waals surface area (Å²) in [5.41, 5.74) is 8.96. The van der Waals surface area contributed by atoms with Crippen LogP contribution >= 0.6 is 0 Å². The number of hydrogen-bond acceptors (Lipinski definition) is 6. The van der Waals surface area contributed by atoms with E-state index in [1.807, 2.05) is 22.2 Å². The number of likely N-dealkylation sites (tertiary alicyclic amines) is 1. The van der Waals surface area contributed by atoms with Crippen molar-refractivity contribution in [1.82, 2.24) is 29.2 Å². The first-order valence-electron chi connectivity index (χ1n) is 11.7. The van der Waals surface area contributed by atoms with E-state index in [1.54, 1.807) is 30.6 Å². The second-order valence-electron chi connectivity index (χ2n) is 8.68. The molecule has 4 aromatic rings. The van der Waals surface area contributed by atoms with Crippen LogP contribution < -0.4 is 5.73 Å². The lowest BCUT2D eigenvalue weighted by Crippen LogP contribution is -2.37. The van der Waals surface area contributed by atoms with E-state index in [-0.39, 0.29) is 29.4 Å². The lowest BCUT2D eigenvalue weighted by molar-refractivity contribution is -0.127. The van der Waals surface area contributed by atoms with Crippen molar-refractivity contribution in [2.45, 2.75) is 32.0 Å². The van der Waals surface area contributed by atoms with E-state index in [4.69, 9.17) is 15.6 Å². The maximum atomic E-state index is 14.9. The average Bonchev–Trinajstić information content (AvgIpc) is 3.58. The molecule has 1 aliphatic rings. The van der Waals surface area contributed by atoms with E-state index in [2.05, 4.69) is 28.4 Å². The number of ether oxygens (including phenoxy) is 1. The summed E-state index contributed by atoms with van der Waals surface area (Å²) >= 11 is 0. The Hall–Kier alpha value is -4.23. The maximum absolute atomic E-state index is 14.9. The number of methoxy groups -OCH3 is 1. The van der Waals surface area contributed by atoms with E-state index < -0.39 is 5.82 Å². The van der Waals surface area contributed by atoms with Gasteiger partial charge < -0.3 is 19.9 Å². The molecule has 0 saturated carbocycles. The summed E-state index contributed by atoms with van der Waals surface area (Å²) in [6, 6.07) is 4.66. The summed E-state index contributed by atoms with van der Waals surface area (Å²) in [7, 11) is 1.61. The first-order valence-corrected chi connectivity index (χ1v) is 11.7. The molecule has 10 heteroatoms. The number of fused-ring (bicyclic) bond motifs is 2. The van der Waals surface area contributed by atoms with E-state index in [1.165, 1.54) is 12.1 Å². The molecule has 9 nitrogen and oxygen atoms in total. The summed E-state index contributed by atoms with van der Waals surface area (Å²) in [6.07, 6.45) is 5.24. The van der Waals surface area contributed by atoms with E-state index in [0.717, 1.165) is 5.52 Å². The van der Waals surface area contributed by atoms with Crippen molar-refractivity contribution < 1.29 is 13.9 Å². The van der Waals surface area contributed by atoms with Gasteiger partial charge in [0.05, 0.1) is 52.5 Å². The minimum absolute atomic E-state index is 0.109. The number of hydrogen-bond donors (Lipinski definition) is 1. The Balaban J connectivity index is 1.56. The third-order valence-corrected chi connectivity index (χ3v) is 6.57. The van der Waals surface area contributed by atoms with Gasteiger partial charge in [0.25, 0.3) is 0 Å². The van der Waals surface area contributed by atoms with Crippen molar-refractivity contribution in [2.75, 3.05) is 26.0 Å².